The fraction of sp³-hybridized carbons (Fsp3) is 0.0714. The molecule has 0 aliphatic rings. The van der Waals surface area contributed by atoms with Crippen LogP contribution in [0.2, 0.25) is 5.02 Å². The molecule has 1 aromatic carbocycles. The van der Waals surface area contributed by atoms with Gasteiger partial charge >= 0.3 is 0 Å². The van der Waals surface area contributed by atoms with Crippen molar-refractivity contribution in [3.05, 3.63) is 52.6 Å². The van der Waals surface area contributed by atoms with Gasteiger partial charge in [-0.25, -0.2) is 4.98 Å². The number of nitrogens with one attached hydrogen (secondary N) is 1. The third kappa shape index (κ3) is 3.12. The van der Waals surface area contributed by atoms with Crippen molar-refractivity contribution >= 4 is 34.0 Å². The van der Waals surface area contributed by atoms with Crippen LogP contribution in [0.4, 0.5) is 5.13 Å². The molecule has 21 heavy (non-hydrogen) atoms. The van der Waals surface area contributed by atoms with Crippen molar-refractivity contribution in [2.75, 3.05) is 5.32 Å². The van der Waals surface area contributed by atoms with E-state index in [-0.39, 0.29) is 5.91 Å². The van der Waals surface area contributed by atoms with Crippen LogP contribution in [0.25, 0.3) is 11.3 Å². The lowest BCUT2D eigenvalue weighted by Gasteiger charge is -1.98. The highest BCUT2D eigenvalue weighted by atomic mass is 35.5. The van der Waals surface area contributed by atoms with Crippen LogP contribution in [0.3, 0.4) is 0 Å². The third-order valence-electron chi connectivity index (χ3n) is 2.81. The fourth-order valence-electron chi connectivity index (χ4n) is 1.78. The molecule has 0 radical (unpaired) electrons. The number of carbonyl (C=O) groups is 1. The number of rotatable bonds is 3. The Labute approximate surface area is 130 Å². The minimum atomic E-state index is -0.271. The number of aryl methyl sites for hydroxylation is 1. The number of amides is 1. The summed E-state index contributed by atoms with van der Waals surface area (Å²) in [5, 5.41) is 9.89. The lowest BCUT2D eigenvalue weighted by atomic mass is 10.2. The Hall–Kier alpha value is -2.18. The van der Waals surface area contributed by atoms with Gasteiger partial charge < -0.3 is 0 Å². The van der Waals surface area contributed by atoms with Crippen LogP contribution in [0.15, 0.2) is 41.9 Å². The van der Waals surface area contributed by atoms with E-state index in [1.807, 2.05) is 29.6 Å². The Morgan fingerprint density at radius 2 is 2.05 bits per heavy atom. The van der Waals surface area contributed by atoms with Gasteiger partial charge in [0.2, 0.25) is 0 Å². The van der Waals surface area contributed by atoms with Gasteiger partial charge in [0.05, 0.1) is 5.69 Å². The van der Waals surface area contributed by atoms with Crippen molar-refractivity contribution in [2.24, 2.45) is 7.05 Å². The van der Waals surface area contributed by atoms with Crippen LogP contribution in [0.1, 0.15) is 10.5 Å². The van der Waals surface area contributed by atoms with E-state index in [2.05, 4.69) is 15.4 Å². The summed E-state index contributed by atoms with van der Waals surface area (Å²) in [4.78, 5) is 16.4. The minimum Gasteiger partial charge on any atom is -0.296 e. The summed E-state index contributed by atoms with van der Waals surface area (Å²) in [5.41, 5.74) is 2.11. The number of hydrogen-bond donors (Lipinski definition) is 1. The number of thiazole rings is 1. The van der Waals surface area contributed by atoms with Crippen molar-refractivity contribution in [1.82, 2.24) is 14.8 Å². The van der Waals surface area contributed by atoms with Crippen LogP contribution in [-0.4, -0.2) is 20.7 Å². The summed E-state index contributed by atoms with van der Waals surface area (Å²) < 4.78 is 1.58. The first-order valence-electron chi connectivity index (χ1n) is 6.14. The number of benzene rings is 1. The fourth-order valence-corrected chi connectivity index (χ4v) is 2.62. The van der Waals surface area contributed by atoms with Gasteiger partial charge in [-0.15, -0.1) is 11.3 Å². The van der Waals surface area contributed by atoms with E-state index in [4.69, 9.17) is 11.6 Å². The second kappa shape index (κ2) is 5.67. The first kappa shape index (κ1) is 13.8. The number of carbonyl (C=O) groups excluding carboxylic acids is 1. The highest BCUT2D eigenvalue weighted by Gasteiger charge is 2.12. The zero-order valence-corrected chi connectivity index (χ0v) is 12.6. The molecule has 0 spiro atoms. The van der Waals surface area contributed by atoms with Crippen molar-refractivity contribution < 1.29 is 4.79 Å². The number of halogens is 1. The van der Waals surface area contributed by atoms with Gasteiger partial charge in [0.1, 0.15) is 0 Å². The molecule has 0 aliphatic carbocycles. The van der Waals surface area contributed by atoms with Crippen LogP contribution >= 0.6 is 22.9 Å². The van der Waals surface area contributed by atoms with Gasteiger partial charge in [-0.2, -0.15) is 5.10 Å². The van der Waals surface area contributed by atoms with Crippen LogP contribution in [-0.2, 0) is 7.05 Å². The van der Waals surface area contributed by atoms with Crippen LogP contribution < -0.4 is 5.32 Å². The molecular weight excluding hydrogens is 308 g/mol. The zero-order valence-electron chi connectivity index (χ0n) is 11.1. The Bertz CT molecular complexity index is 778. The van der Waals surface area contributed by atoms with Crippen molar-refractivity contribution in [3.8, 4) is 11.3 Å². The highest BCUT2D eigenvalue weighted by molar-refractivity contribution is 7.14. The quantitative estimate of drug-likeness (QED) is 0.804. The Morgan fingerprint density at radius 1 is 1.29 bits per heavy atom. The van der Waals surface area contributed by atoms with Gasteiger partial charge in [0.25, 0.3) is 5.91 Å². The molecular formula is C14H11ClN4OS. The molecule has 2 aromatic heterocycles. The normalized spacial score (nSPS) is 10.6. The molecule has 0 aliphatic heterocycles. The zero-order chi connectivity index (χ0) is 14.8. The number of anilines is 1. The molecule has 0 saturated carbocycles. The molecule has 0 unspecified atom stereocenters. The molecule has 5 nitrogen and oxygen atoms in total. The second-order valence-electron chi connectivity index (χ2n) is 4.37. The molecule has 1 amide bonds. The molecule has 0 saturated heterocycles. The van der Waals surface area contributed by atoms with E-state index in [0.717, 1.165) is 11.3 Å². The van der Waals surface area contributed by atoms with Gasteiger partial charge in [-0.1, -0.05) is 23.7 Å². The molecule has 0 fully saturated rings. The maximum Gasteiger partial charge on any atom is 0.277 e. The first-order chi connectivity index (χ1) is 10.1. The molecule has 3 rings (SSSR count). The van der Waals surface area contributed by atoms with E-state index in [0.29, 0.717) is 15.8 Å². The standard InChI is InChI=1S/C14H11ClN4OS/c1-19-7-6-11(18-19)13(20)17-14-16-12(8-21-14)9-2-4-10(15)5-3-9/h2-8H,1H3,(H,16,17,20). The predicted octanol–water partition coefficient (Wildman–Crippen LogP) is 3.45. The van der Waals surface area contributed by atoms with E-state index < -0.39 is 0 Å². The third-order valence-corrected chi connectivity index (χ3v) is 3.82. The van der Waals surface area contributed by atoms with Crippen LogP contribution in [0.5, 0.6) is 0 Å². The monoisotopic (exact) mass is 318 g/mol. The molecule has 2 heterocycles. The van der Waals surface area contributed by atoms with E-state index >= 15 is 0 Å². The molecule has 3 aromatic rings. The second-order valence-corrected chi connectivity index (χ2v) is 5.67. The summed E-state index contributed by atoms with van der Waals surface area (Å²) in [6.07, 6.45) is 1.72. The molecule has 106 valence electrons. The van der Waals surface area contributed by atoms with Crippen molar-refractivity contribution in [3.63, 3.8) is 0 Å². The molecule has 0 bridgehead atoms. The number of aromatic nitrogens is 3. The summed E-state index contributed by atoms with van der Waals surface area (Å²) in [7, 11) is 1.76. The minimum absolute atomic E-state index is 0.271. The van der Waals surface area contributed by atoms with E-state index in [1.54, 1.807) is 24.0 Å². The van der Waals surface area contributed by atoms with E-state index in [1.165, 1.54) is 11.3 Å². The number of nitrogens with zero attached hydrogens (tertiary/aromatic N) is 3. The lowest BCUT2D eigenvalue weighted by Crippen LogP contribution is -2.12. The molecule has 1 N–H and O–H groups in total. The number of hydrogen-bond acceptors (Lipinski definition) is 4. The SMILES string of the molecule is Cn1ccc(C(=O)Nc2nc(-c3ccc(Cl)cc3)cs2)n1. The maximum absolute atomic E-state index is 12.0. The van der Waals surface area contributed by atoms with Crippen molar-refractivity contribution in [2.45, 2.75) is 0 Å². The first-order valence-corrected chi connectivity index (χ1v) is 7.40. The average Bonchev–Trinajstić information content (AvgIpc) is 3.09. The topological polar surface area (TPSA) is 59.8 Å². The summed E-state index contributed by atoms with van der Waals surface area (Å²) in [6.45, 7) is 0. The Kier molecular flexibility index (Phi) is 3.72. The summed E-state index contributed by atoms with van der Waals surface area (Å²) in [5.74, 6) is -0.271. The smallest absolute Gasteiger partial charge is 0.277 e. The maximum atomic E-state index is 12.0. The highest BCUT2D eigenvalue weighted by Crippen LogP contribution is 2.26. The van der Waals surface area contributed by atoms with Gasteiger partial charge in [0.15, 0.2) is 10.8 Å². The lowest BCUT2D eigenvalue weighted by molar-refractivity contribution is 0.102. The summed E-state index contributed by atoms with van der Waals surface area (Å²) >= 11 is 7.23. The molecule has 7 heteroatoms. The van der Waals surface area contributed by atoms with Gasteiger partial charge in [-0.3, -0.25) is 14.8 Å². The van der Waals surface area contributed by atoms with E-state index in [9.17, 15) is 4.79 Å². The largest absolute Gasteiger partial charge is 0.296 e. The summed E-state index contributed by atoms with van der Waals surface area (Å²) in [6, 6.07) is 9.05. The van der Waals surface area contributed by atoms with Crippen molar-refractivity contribution in [1.29, 1.82) is 0 Å². The van der Waals surface area contributed by atoms with Crippen LogP contribution in [0, 0.1) is 0 Å². The molecule has 0 atom stereocenters. The van der Waals surface area contributed by atoms with Gasteiger partial charge in [-0.05, 0) is 18.2 Å². The Morgan fingerprint density at radius 3 is 2.71 bits per heavy atom. The predicted molar refractivity (Wildman–Crippen MR) is 83.7 cm³/mol. The average molecular weight is 319 g/mol. The Balaban J connectivity index is 1.76. The van der Waals surface area contributed by atoms with Gasteiger partial charge in [0, 0.05) is 29.2 Å².